The van der Waals surface area contributed by atoms with Crippen molar-refractivity contribution >= 4 is 0 Å². The average molecular weight is 158 g/mol. The van der Waals surface area contributed by atoms with Gasteiger partial charge in [-0.1, -0.05) is 6.92 Å². The molecule has 0 aliphatic heterocycles. The maximum absolute atomic E-state index is 10.6. The van der Waals surface area contributed by atoms with E-state index in [1.165, 1.54) is 0 Å². The van der Waals surface area contributed by atoms with Gasteiger partial charge in [-0.25, -0.2) is 4.79 Å². The monoisotopic (exact) mass is 158 g/mol. The summed E-state index contributed by atoms with van der Waals surface area (Å²) in [5.41, 5.74) is 0.271. The van der Waals surface area contributed by atoms with Gasteiger partial charge in [-0.15, -0.1) is 0 Å². The number of rotatable bonds is 2. The van der Waals surface area contributed by atoms with Crippen molar-refractivity contribution in [3.05, 3.63) is 21.9 Å². The summed E-state index contributed by atoms with van der Waals surface area (Å²) in [6, 6.07) is 0. The molecular formula is C6H10N2O3. The van der Waals surface area contributed by atoms with Crippen LogP contribution in [0.3, 0.4) is 0 Å². The molecule has 0 amide bonds. The van der Waals surface area contributed by atoms with E-state index in [0.29, 0.717) is 12.1 Å². The van der Waals surface area contributed by atoms with Crippen LogP contribution in [0.5, 0.6) is 0 Å². The van der Waals surface area contributed by atoms with Crippen LogP contribution in [0.2, 0.25) is 0 Å². The van der Waals surface area contributed by atoms with Crippen molar-refractivity contribution in [1.82, 2.24) is 9.97 Å². The van der Waals surface area contributed by atoms with E-state index in [4.69, 9.17) is 10.2 Å². The van der Waals surface area contributed by atoms with E-state index in [1.54, 1.807) is 0 Å². The highest BCUT2D eigenvalue weighted by molar-refractivity contribution is 5.11. The number of aryl methyl sites for hydroxylation is 1. The molecule has 62 valence electrons. The van der Waals surface area contributed by atoms with E-state index in [1.807, 2.05) is 6.92 Å². The van der Waals surface area contributed by atoms with E-state index < -0.39 is 12.0 Å². The van der Waals surface area contributed by atoms with Gasteiger partial charge in [0.15, 0.2) is 6.29 Å². The Hall–Kier alpha value is -1.07. The Morgan fingerprint density at radius 2 is 2.09 bits per heavy atom. The third-order valence-corrected chi connectivity index (χ3v) is 1.45. The molecule has 0 fully saturated rings. The topological polar surface area (TPSA) is 89.1 Å². The van der Waals surface area contributed by atoms with E-state index in [9.17, 15) is 4.79 Å². The van der Waals surface area contributed by atoms with Crippen molar-refractivity contribution in [2.24, 2.45) is 0 Å². The number of nitrogens with one attached hydrogen (secondary N) is 2. The van der Waals surface area contributed by atoms with Crippen LogP contribution in [0.4, 0.5) is 0 Å². The molecular weight excluding hydrogens is 148 g/mol. The van der Waals surface area contributed by atoms with Crippen molar-refractivity contribution in [1.29, 1.82) is 0 Å². The Morgan fingerprint density at radius 1 is 1.45 bits per heavy atom. The van der Waals surface area contributed by atoms with Crippen molar-refractivity contribution in [3.63, 3.8) is 0 Å². The lowest BCUT2D eigenvalue weighted by Crippen LogP contribution is -2.03. The standard InChI is InChI=1S/C6H10N2O3/c1-2-3-4(5(9)10)8-6(11)7-3/h5,9-10H,2H2,1H3,(H2,7,8,11). The molecule has 1 heterocycles. The molecule has 0 radical (unpaired) electrons. The molecule has 0 saturated heterocycles. The predicted molar refractivity (Wildman–Crippen MR) is 38.0 cm³/mol. The summed E-state index contributed by atoms with van der Waals surface area (Å²) in [7, 11) is 0. The van der Waals surface area contributed by atoms with Crippen LogP contribution in [0, 0.1) is 0 Å². The number of hydrogen-bond acceptors (Lipinski definition) is 3. The van der Waals surface area contributed by atoms with E-state index in [-0.39, 0.29) is 5.69 Å². The van der Waals surface area contributed by atoms with Crippen LogP contribution < -0.4 is 5.69 Å². The van der Waals surface area contributed by atoms with E-state index in [2.05, 4.69) is 9.97 Å². The van der Waals surface area contributed by atoms with Crippen molar-refractivity contribution in [3.8, 4) is 0 Å². The molecule has 11 heavy (non-hydrogen) atoms. The van der Waals surface area contributed by atoms with Gasteiger partial charge in [0.2, 0.25) is 0 Å². The molecule has 0 aromatic carbocycles. The van der Waals surface area contributed by atoms with Gasteiger partial charge in [0.25, 0.3) is 0 Å². The summed E-state index contributed by atoms with van der Waals surface area (Å²) in [5.74, 6) is 0. The van der Waals surface area contributed by atoms with Gasteiger partial charge in [-0.3, -0.25) is 0 Å². The Morgan fingerprint density at radius 3 is 2.45 bits per heavy atom. The minimum Gasteiger partial charge on any atom is -0.363 e. The molecule has 4 N–H and O–H groups in total. The molecule has 1 rings (SSSR count). The molecule has 0 spiro atoms. The minimum atomic E-state index is -1.61. The number of imidazole rings is 1. The lowest BCUT2D eigenvalue weighted by Gasteiger charge is -2.00. The summed E-state index contributed by atoms with van der Waals surface area (Å²) in [6.07, 6.45) is -1.05. The molecule has 0 aliphatic rings. The second-order valence-electron chi connectivity index (χ2n) is 2.20. The molecule has 5 nitrogen and oxygen atoms in total. The third kappa shape index (κ3) is 1.50. The maximum atomic E-state index is 10.6. The van der Waals surface area contributed by atoms with Gasteiger partial charge in [0, 0.05) is 5.69 Å². The Balaban J connectivity index is 3.12. The second kappa shape index (κ2) is 2.89. The van der Waals surface area contributed by atoms with Gasteiger partial charge in [0.05, 0.1) is 5.69 Å². The summed E-state index contributed by atoms with van der Waals surface area (Å²) in [5, 5.41) is 17.4. The van der Waals surface area contributed by atoms with Crippen LogP contribution in [0.15, 0.2) is 4.79 Å². The largest absolute Gasteiger partial charge is 0.363 e. The summed E-state index contributed by atoms with van der Waals surface area (Å²) in [6.45, 7) is 1.81. The van der Waals surface area contributed by atoms with E-state index >= 15 is 0 Å². The molecule has 0 unspecified atom stereocenters. The SMILES string of the molecule is CCc1[nH]c(=O)[nH]c1C(O)O. The first-order valence-corrected chi connectivity index (χ1v) is 3.32. The van der Waals surface area contributed by atoms with Crippen LogP contribution in [-0.2, 0) is 6.42 Å². The molecule has 0 saturated carbocycles. The van der Waals surface area contributed by atoms with Crippen LogP contribution in [-0.4, -0.2) is 20.2 Å². The zero-order chi connectivity index (χ0) is 8.43. The Labute approximate surface area is 62.7 Å². The van der Waals surface area contributed by atoms with Crippen molar-refractivity contribution < 1.29 is 10.2 Å². The highest BCUT2D eigenvalue weighted by atomic mass is 16.5. The first-order chi connectivity index (χ1) is 5.15. The normalized spacial score (nSPS) is 10.9. The molecule has 0 bridgehead atoms. The number of aromatic amines is 2. The quantitative estimate of drug-likeness (QED) is 0.427. The number of hydrogen-bond donors (Lipinski definition) is 4. The van der Waals surface area contributed by atoms with Gasteiger partial charge < -0.3 is 20.2 Å². The van der Waals surface area contributed by atoms with Crippen LogP contribution in [0.25, 0.3) is 0 Å². The number of H-pyrrole nitrogens is 2. The fourth-order valence-electron chi connectivity index (χ4n) is 0.933. The molecule has 0 aliphatic carbocycles. The average Bonchev–Trinajstić information content (AvgIpc) is 2.30. The lowest BCUT2D eigenvalue weighted by atomic mass is 10.2. The number of aliphatic hydroxyl groups is 2. The summed E-state index contributed by atoms with van der Waals surface area (Å²) in [4.78, 5) is 15.4. The zero-order valence-corrected chi connectivity index (χ0v) is 6.09. The number of aliphatic hydroxyl groups excluding tert-OH is 1. The third-order valence-electron chi connectivity index (χ3n) is 1.45. The summed E-state index contributed by atoms with van der Waals surface area (Å²) < 4.78 is 0. The highest BCUT2D eigenvalue weighted by Gasteiger charge is 2.10. The molecule has 5 heteroatoms. The number of aromatic nitrogens is 2. The second-order valence-corrected chi connectivity index (χ2v) is 2.20. The Kier molecular flexibility index (Phi) is 2.11. The fourth-order valence-corrected chi connectivity index (χ4v) is 0.933. The van der Waals surface area contributed by atoms with Gasteiger partial charge in [0.1, 0.15) is 0 Å². The fraction of sp³-hybridized carbons (Fsp3) is 0.500. The molecule has 0 atom stereocenters. The highest BCUT2D eigenvalue weighted by Crippen LogP contribution is 2.08. The van der Waals surface area contributed by atoms with Gasteiger partial charge in [-0.2, -0.15) is 0 Å². The van der Waals surface area contributed by atoms with E-state index in [0.717, 1.165) is 0 Å². The lowest BCUT2D eigenvalue weighted by molar-refractivity contribution is -0.0462. The van der Waals surface area contributed by atoms with Crippen LogP contribution in [0.1, 0.15) is 24.6 Å². The molecule has 1 aromatic heterocycles. The molecule has 1 aromatic rings. The first kappa shape index (κ1) is 8.03. The van der Waals surface area contributed by atoms with Crippen molar-refractivity contribution in [2.75, 3.05) is 0 Å². The smallest absolute Gasteiger partial charge is 0.323 e. The maximum Gasteiger partial charge on any atom is 0.323 e. The van der Waals surface area contributed by atoms with Gasteiger partial charge in [-0.05, 0) is 6.42 Å². The van der Waals surface area contributed by atoms with Crippen LogP contribution >= 0.6 is 0 Å². The Bertz CT molecular complexity index is 286. The first-order valence-electron chi connectivity index (χ1n) is 3.32. The van der Waals surface area contributed by atoms with Crippen molar-refractivity contribution in [2.45, 2.75) is 19.6 Å². The zero-order valence-electron chi connectivity index (χ0n) is 6.09. The minimum absolute atomic E-state index is 0.150. The summed E-state index contributed by atoms with van der Waals surface area (Å²) >= 11 is 0. The predicted octanol–water partition coefficient (Wildman–Crippen LogP) is -0.751. The van der Waals surface area contributed by atoms with Gasteiger partial charge >= 0.3 is 5.69 Å².